The second-order valence-electron chi connectivity index (χ2n) is 6.86. The van der Waals surface area contributed by atoms with Gasteiger partial charge in [0.25, 0.3) is 0 Å². The molecule has 3 aromatic rings. The van der Waals surface area contributed by atoms with Crippen LogP contribution >= 0.6 is 0 Å². The second-order valence-corrected chi connectivity index (χ2v) is 6.86. The van der Waals surface area contributed by atoms with Gasteiger partial charge in [-0.1, -0.05) is 6.07 Å². The number of hydrogen-bond acceptors (Lipinski definition) is 4. The molecule has 29 heavy (non-hydrogen) atoms. The third-order valence-electron chi connectivity index (χ3n) is 4.74. The van der Waals surface area contributed by atoms with Gasteiger partial charge in [0, 0.05) is 31.3 Å². The Labute approximate surface area is 165 Å². The molecule has 0 aliphatic carbocycles. The lowest BCUT2D eigenvalue weighted by Gasteiger charge is -2.14. The first kappa shape index (κ1) is 18.6. The molecule has 1 atom stereocenters. The van der Waals surface area contributed by atoms with Crippen molar-refractivity contribution in [3.05, 3.63) is 48.3 Å². The maximum Gasteiger partial charge on any atom is 0.229 e. The Hall–Kier alpha value is -3.75. The number of carbonyl (C=O) groups excluding carboxylic acids is 3. The Bertz CT molecular complexity index is 1110. The minimum absolute atomic E-state index is 0.0125. The number of halogens is 1. The van der Waals surface area contributed by atoms with Crippen molar-refractivity contribution in [1.82, 2.24) is 10.2 Å². The number of nitrogens with zero attached hydrogens (tertiary/aromatic N) is 2. The maximum atomic E-state index is 14.2. The topological polar surface area (TPSA) is 107 Å². The van der Waals surface area contributed by atoms with Crippen molar-refractivity contribution < 1.29 is 18.8 Å². The summed E-state index contributed by atoms with van der Waals surface area (Å²) in [6, 6.07) is 11.2. The zero-order valence-electron chi connectivity index (χ0n) is 15.5. The van der Waals surface area contributed by atoms with E-state index in [2.05, 4.69) is 20.8 Å². The first-order valence-corrected chi connectivity index (χ1v) is 9.04. The molecule has 8 nitrogen and oxygen atoms in total. The van der Waals surface area contributed by atoms with Crippen LogP contribution in [0.25, 0.3) is 10.9 Å². The average Bonchev–Trinajstić information content (AvgIpc) is 3.27. The van der Waals surface area contributed by atoms with Crippen molar-refractivity contribution in [2.75, 3.05) is 22.1 Å². The highest BCUT2D eigenvalue weighted by atomic mass is 19.1. The smallest absolute Gasteiger partial charge is 0.229 e. The number of hydrogen-bond donors (Lipinski definition) is 3. The van der Waals surface area contributed by atoms with E-state index in [4.69, 9.17) is 0 Å². The van der Waals surface area contributed by atoms with Crippen LogP contribution in [0, 0.1) is 11.7 Å². The Morgan fingerprint density at radius 2 is 1.83 bits per heavy atom. The van der Waals surface area contributed by atoms with Crippen molar-refractivity contribution in [1.29, 1.82) is 0 Å². The molecule has 3 N–H and O–H groups in total. The molecule has 9 heteroatoms. The maximum absolute atomic E-state index is 14.2. The zero-order chi connectivity index (χ0) is 20.5. The van der Waals surface area contributed by atoms with Gasteiger partial charge in [-0.05, 0) is 36.4 Å². The van der Waals surface area contributed by atoms with Gasteiger partial charge < -0.3 is 10.6 Å². The number of amides is 3. The summed E-state index contributed by atoms with van der Waals surface area (Å²) in [5, 5.41) is 12.4. The summed E-state index contributed by atoms with van der Waals surface area (Å²) in [4.78, 5) is 37.5. The zero-order valence-corrected chi connectivity index (χ0v) is 15.5. The summed E-state index contributed by atoms with van der Waals surface area (Å²) >= 11 is 0. The molecule has 0 spiro atoms. The summed E-state index contributed by atoms with van der Waals surface area (Å²) in [6.07, 6.45) is 0.0125. The van der Waals surface area contributed by atoms with Crippen molar-refractivity contribution in [2.24, 2.45) is 5.92 Å². The third-order valence-corrected chi connectivity index (χ3v) is 4.74. The van der Waals surface area contributed by atoms with E-state index in [-0.39, 0.29) is 41.9 Å². The molecule has 2 aromatic carbocycles. The first-order valence-electron chi connectivity index (χ1n) is 9.04. The number of fused-ring (bicyclic) bond motifs is 1. The number of nitrogens with one attached hydrogen (secondary N) is 3. The lowest BCUT2D eigenvalue weighted by molar-refractivity contribution is -0.122. The van der Waals surface area contributed by atoms with Crippen LogP contribution in [0.5, 0.6) is 0 Å². The summed E-state index contributed by atoms with van der Waals surface area (Å²) < 4.78 is 14.2. The van der Waals surface area contributed by atoms with Crippen molar-refractivity contribution in [2.45, 2.75) is 13.3 Å². The fourth-order valence-corrected chi connectivity index (χ4v) is 3.38. The van der Waals surface area contributed by atoms with Gasteiger partial charge in [0.05, 0.1) is 16.8 Å². The molecular weight excluding hydrogens is 377 g/mol. The predicted octanol–water partition coefficient (Wildman–Crippen LogP) is 2.65. The minimum Gasteiger partial charge on any atom is -0.326 e. The Morgan fingerprint density at radius 3 is 2.52 bits per heavy atom. The fraction of sp³-hybridized carbons (Fsp3) is 0.200. The molecule has 1 aliphatic heterocycles. The highest BCUT2D eigenvalue weighted by molar-refractivity contribution is 6.07. The van der Waals surface area contributed by atoms with E-state index in [1.165, 1.54) is 17.9 Å². The first-order chi connectivity index (χ1) is 13.9. The Kier molecular flexibility index (Phi) is 4.71. The minimum atomic E-state index is -0.587. The predicted molar refractivity (Wildman–Crippen MR) is 106 cm³/mol. The summed E-state index contributed by atoms with van der Waals surface area (Å²) in [7, 11) is 0. The molecule has 4 rings (SSSR count). The molecule has 148 valence electrons. The SMILES string of the molecule is CC(=O)Nc1ccc(NC(=O)C2CC(=O)N(c3n[nH]c4cccc(F)c34)C2)cc1. The molecule has 1 unspecified atom stereocenters. The molecule has 2 heterocycles. The third kappa shape index (κ3) is 3.66. The molecular formula is C20H18FN5O3. The van der Waals surface area contributed by atoms with Gasteiger partial charge in [0.15, 0.2) is 5.82 Å². The number of carbonyl (C=O) groups is 3. The van der Waals surface area contributed by atoms with Crippen LogP contribution in [0.3, 0.4) is 0 Å². The summed E-state index contributed by atoms with van der Waals surface area (Å²) in [6.45, 7) is 1.52. The van der Waals surface area contributed by atoms with E-state index < -0.39 is 11.7 Å². The van der Waals surface area contributed by atoms with Gasteiger partial charge in [-0.15, -0.1) is 0 Å². The molecule has 0 saturated carbocycles. The number of rotatable bonds is 4. The van der Waals surface area contributed by atoms with Crippen LogP contribution < -0.4 is 15.5 Å². The Balaban J connectivity index is 1.47. The quantitative estimate of drug-likeness (QED) is 0.631. The van der Waals surface area contributed by atoms with E-state index >= 15 is 0 Å². The van der Waals surface area contributed by atoms with Gasteiger partial charge in [0.1, 0.15) is 5.82 Å². The normalized spacial score (nSPS) is 16.3. The lowest BCUT2D eigenvalue weighted by Crippen LogP contribution is -2.28. The van der Waals surface area contributed by atoms with Crippen molar-refractivity contribution in [3.8, 4) is 0 Å². The fourth-order valence-electron chi connectivity index (χ4n) is 3.38. The van der Waals surface area contributed by atoms with Crippen LogP contribution in [0.4, 0.5) is 21.6 Å². The van der Waals surface area contributed by atoms with Gasteiger partial charge in [-0.3, -0.25) is 24.4 Å². The van der Waals surface area contributed by atoms with E-state index in [0.717, 1.165) is 0 Å². The average molecular weight is 395 g/mol. The highest BCUT2D eigenvalue weighted by Gasteiger charge is 2.37. The van der Waals surface area contributed by atoms with E-state index in [9.17, 15) is 18.8 Å². The van der Waals surface area contributed by atoms with Crippen LogP contribution in [-0.2, 0) is 14.4 Å². The molecule has 3 amide bonds. The summed E-state index contributed by atoms with van der Waals surface area (Å²) in [5.41, 5.74) is 1.65. The summed E-state index contributed by atoms with van der Waals surface area (Å²) in [5.74, 6) is -1.66. The van der Waals surface area contributed by atoms with Gasteiger partial charge >= 0.3 is 0 Å². The van der Waals surface area contributed by atoms with Gasteiger partial charge in [-0.25, -0.2) is 4.39 Å². The molecule has 0 radical (unpaired) electrons. The molecule has 1 aromatic heterocycles. The van der Waals surface area contributed by atoms with E-state index in [1.54, 1.807) is 36.4 Å². The second kappa shape index (κ2) is 7.34. The number of benzene rings is 2. The van der Waals surface area contributed by atoms with Crippen LogP contribution in [-0.4, -0.2) is 34.5 Å². The Morgan fingerprint density at radius 1 is 1.14 bits per heavy atom. The largest absolute Gasteiger partial charge is 0.326 e. The van der Waals surface area contributed by atoms with E-state index in [1.807, 2.05) is 0 Å². The molecule has 1 fully saturated rings. The lowest BCUT2D eigenvalue weighted by atomic mass is 10.1. The molecule has 1 aliphatic rings. The number of H-pyrrole nitrogens is 1. The van der Waals surface area contributed by atoms with Crippen LogP contribution in [0.15, 0.2) is 42.5 Å². The van der Waals surface area contributed by atoms with Crippen molar-refractivity contribution >= 4 is 45.8 Å². The number of aromatic amines is 1. The number of aromatic nitrogens is 2. The highest BCUT2D eigenvalue weighted by Crippen LogP contribution is 2.31. The van der Waals surface area contributed by atoms with Gasteiger partial charge in [0.2, 0.25) is 17.7 Å². The monoisotopic (exact) mass is 395 g/mol. The standard InChI is InChI=1S/C20H18FN5O3/c1-11(27)22-13-5-7-14(8-6-13)23-20(29)12-9-17(28)26(10-12)19-18-15(21)3-2-4-16(18)24-25-19/h2-8,12H,9-10H2,1H3,(H,22,27)(H,23,29)(H,24,25). The number of anilines is 3. The molecule has 1 saturated heterocycles. The molecule has 0 bridgehead atoms. The van der Waals surface area contributed by atoms with E-state index in [0.29, 0.717) is 16.9 Å². The van der Waals surface area contributed by atoms with Crippen LogP contribution in [0.1, 0.15) is 13.3 Å². The van der Waals surface area contributed by atoms with Gasteiger partial charge in [-0.2, -0.15) is 5.10 Å². The van der Waals surface area contributed by atoms with Crippen LogP contribution in [0.2, 0.25) is 0 Å². The van der Waals surface area contributed by atoms with Crippen molar-refractivity contribution in [3.63, 3.8) is 0 Å².